The van der Waals surface area contributed by atoms with Crippen molar-refractivity contribution in [2.45, 2.75) is 19.4 Å². The number of aromatic nitrogens is 3. The summed E-state index contributed by atoms with van der Waals surface area (Å²) in [6, 6.07) is 3.27. The van der Waals surface area contributed by atoms with Crippen LogP contribution in [-0.4, -0.2) is 36.3 Å². The molecular weight excluding hydrogens is 375 g/mol. The Morgan fingerprint density at radius 1 is 1.56 bits per heavy atom. The van der Waals surface area contributed by atoms with E-state index in [9.17, 15) is 12.3 Å². The van der Waals surface area contributed by atoms with E-state index in [2.05, 4.69) is 19.6 Å². The van der Waals surface area contributed by atoms with Gasteiger partial charge in [0.05, 0.1) is 17.8 Å². The molecule has 1 saturated heterocycles. The monoisotopic (exact) mass is 392 g/mol. The molecule has 0 unspecified atom stereocenters. The third kappa shape index (κ3) is 3.91. The number of rotatable bonds is 5. The van der Waals surface area contributed by atoms with Crippen LogP contribution in [0.5, 0.6) is 5.75 Å². The number of nitriles is 1. The molecule has 2 aromatic heterocycles. The van der Waals surface area contributed by atoms with Crippen molar-refractivity contribution >= 4 is 16.1 Å². The van der Waals surface area contributed by atoms with Crippen LogP contribution in [0.15, 0.2) is 24.7 Å². The highest BCUT2D eigenvalue weighted by molar-refractivity contribution is 7.81. The van der Waals surface area contributed by atoms with E-state index < -0.39 is 16.3 Å². The molecule has 11 heteroatoms. The Bertz CT molecular complexity index is 1030. The molecule has 0 bridgehead atoms. The first-order valence-electron chi connectivity index (χ1n) is 8.05. The van der Waals surface area contributed by atoms with Crippen molar-refractivity contribution in [3.63, 3.8) is 0 Å². The van der Waals surface area contributed by atoms with Crippen LogP contribution in [-0.2, 0) is 10.5 Å². The molecule has 1 atom stereocenters. The molecular formula is C16H17FN6O3S. The van der Waals surface area contributed by atoms with E-state index in [1.54, 1.807) is 12.3 Å². The van der Waals surface area contributed by atoms with Crippen molar-refractivity contribution in [1.82, 2.24) is 20.1 Å². The molecule has 0 aromatic carbocycles. The number of nitrogens with zero attached hydrogens (tertiary/aromatic N) is 4. The van der Waals surface area contributed by atoms with E-state index in [-0.39, 0.29) is 17.3 Å². The van der Waals surface area contributed by atoms with E-state index in [1.807, 2.05) is 11.6 Å². The summed E-state index contributed by atoms with van der Waals surface area (Å²) in [5.74, 6) is -0.428. The quantitative estimate of drug-likeness (QED) is 0.572. The molecule has 142 valence electrons. The lowest BCUT2D eigenvalue weighted by atomic mass is 10.1. The standard InChI is InChI=1S/C16H17FN6O3S/c1-10-14(9-22-23(10)13-2-3-20-8-13)11-4-15(26-27(17,24)25)16(21-7-11)12(5-18)6-19/h4-5,7,9,13,20H,2-3,8,18H2,1H3/b12-5-/t13-/m0/s1. The summed E-state index contributed by atoms with van der Waals surface area (Å²) in [4.78, 5) is 4.05. The Balaban J connectivity index is 2.07. The number of pyridine rings is 1. The van der Waals surface area contributed by atoms with Gasteiger partial charge in [-0.1, -0.05) is 3.89 Å². The van der Waals surface area contributed by atoms with Gasteiger partial charge in [-0.25, -0.2) is 0 Å². The van der Waals surface area contributed by atoms with Crippen molar-refractivity contribution in [3.05, 3.63) is 36.0 Å². The third-order valence-electron chi connectivity index (χ3n) is 4.32. The number of allylic oxidation sites excluding steroid dienone is 1. The highest BCUT2D eigenvalue weighted by Gasteiger charge is 2.23. The van der Waals surface area contributed by atoms with E-state index in [4.69, 9.17) is 11.0 Å². The van der Waals surface area contributed by atoms with E-state index in [0.29, 0.717) is 11.1 Å². The first-order valence-corrected chi connectivity index (χ1v) is 9.36. The minimum absolute atomic E-state index is 0.148. The van der Waals surface area contributed by atoms with Gasteiger partial charge in [0.2, 0.25) is 0 Å². The fourth-order valence-corrected chi connectivity index (χ4v) is 3.40. The lowest BCUT2D eigenvalue weighted by Gasteiger charge is -2.12. The van der Waals surface area contributed by atoms with Crippen LogP contribution in [0.1, 0.15) is 23.9 Å². The normalized spacial score (nSPS) is 17.7. The fraction of sp³-hybridized carbons (Fsp3) is 0.312. The van der Waals surface area contributed by atoms with Crippen molar-refractivity contribution < 1.29 is 16.5 Å². The fourth-order valence-electron chi connectivity index (χ4n) is 3.06. The Morgan fingerprint density at radius 3 is 2.93 bits per heavy atom. The summed E-state index contributed by atoms with van der Waals surface area (Å²) < 4.78 is 41.3. The molecule has 1 fully saturated rings. The largest absolute Gasteiger partial charge is 0.488 e. The summed E-state index contributed by atoms with van der Waals surface area (Å²) >= 11 is 0. The lowest BCUT2D eigenvalue weighted by Crippen LogP contribution is -2.15. The second kappa shape index (κ2) is 7.34. The Kier molecular flexibility index (Phi) is 5.11. The zero-order valence-corrected chi connectivity index (χ0v) is 15.2. The van der Waals surface area contributed by atoms with Crippen LogP contribution in [0, 0.1) is 18.3 Å². The molecule has 3 heterocycles. The first kappa shape index (κ1) is 18.8. The Hall–Kier alpha value is -2.97. The number of hydrogen-bond acceptors (Lipinski definition) is 8. The second-order valence-corrected chi connectivity index (χ2v) is 6.93. The minimum Gasteiger partial charge on any atom is -0.403 e. The van der Waals surface area contributed by atoms with Gasteiger partial charge in [0.1, 0.15) is 11.8 Å². The van der Waals surface area contributed by atoms with E-state index in [1.165, 1.54) is 12.3 Å². The van der Waals surface area contributed by atoms with Crippen LogP contribution >= 0.6 is 0 Å². The summed E-state index contributed by atoms with van der Waals surface area (Å²) in [5.41, 5.74) is 7.05. The average Bonchev–Trinajstić information content (AvgIpc) is 3.25. The van der Waals surface area contributed by atoms with Gasteiger partial charge in [0.25, 0.3) is 0 Å². The van der Waals surface area contributed by atoms with Gasteiger partial charge in [-0.05, 0) is 26.0 Å². The van der Waals surface area contributed by atoms with Crippen LogP contribution in [0.2, 0.25) is 0 Å². The Labute approximate surface area is 155 Å². The predicted molar refractivity (Wildman–Crippen MR) is 95.2 cm³/mol. The Morgan fingerprint density at radius 2 is 2.33 bits per heavy atom. The molecule has 1 aliphatic rings. The van der Waals surface area contributed by atoms with E-state index >= 15 is 0 Å². The molecule has 2 aromatic rings. The highest BCUT2D eigenvalue weighted by atomic mass is 32.3. The first-order chi connectivity index (χ1) is 12.8. The van der Waals surface area contributed by atoms with Gasteiger partial charge in [-0.2, -0.15) is 18.8 Å². The topological polar surface area (TPSA) is 136 Å². The van der Waals surface area contributed by atoms with Gasteiger partial charge in [0.15, 0.2) is 5.75 Å². The lowest BCUT2D eigenvalue weighted by molar-refractivity contribution is 0.438. The second-order valence-electron chi connectivity index (χ2n) is 5.97. The molecule has 9 nitrogen and oxygen atoms in total. The zero-order valence-electron chi connectivity index (χ0n) is 14.4. The number of halogens is 1. The minimum atomic E-state index is -5.31. The molecule has 0 amide bonds. The summed E-state index contributed by atoms with van der Waals surface area (Å²) in [6.45, 7) is 3.59. The summed E-state index contributed by atoms with van der Waals surface area (Å²) in [7, 11) is -5.31. The van der Waals surface area contributed by atoms with Crippen LogP contribution in [0.4, 0.5) is 3.89 Å². The SMILES string of the molecule is Cc1c(-c2cnc(/C(C#N)=C\N)c(OS(=O)(=O)F)c2)cnn1[C@H]1CCNC1. The van der Waals surface area contributed by atoms with Gasteiger partial charge >= 0.3 is 10.5 Å². The summed E-state index contributed by atoms with van der Waals surface area (Å²) in [5, 5.41) is 16.8. The maximum Gasteiger partial charge on any atom is 0.488 e. The van der Waals surface area contributed by atoms with Crippen LogP contribution in [0.25, 0.3) is 16.7 Å². The zero-order chi connectivity index (χ0) is 19.6. The number of nitrogens with two attached hydrogens (primary N) is 1. The predicted octanol–water partition coefficient (Wildman–Crippen LogP) is 1.20. The molecule has 27 heavy (non-hydrogen) atoms. The molecule has 1 aliphatic heterocycles. The van der Waals surface area contributed by atoms with Crippen molar-refractivity contribution in [2.75, 3.05) is 13.1 Å². The van der Waals surface area contributed by atoms with E-state index in [0.717, 1.165) is 31.4 Å². The number of hydrogen-bond donors (Lipinski definition) is 2. The summed E-state index contributed by atoms with van der Waals surface area (Å²) in [6.07, 6.45) is 4.94. The van der Waals surface area contributed by atoms with Gasteiger partial charge in [-0.3, -0.25) is 9.67 Å². The van der Waals surface area contributed by atoms with Crippen LogP contribution in [0.3, 0.4) is 0 Å². The van der Waals surface area contributed by atoms with Crippen molar-refractivity contribution in [1.29, 1.82) is 5.26 Å². The van der Waals surface area contributed by atoms with Gasteiger partial charge in [-0.15, -0.1) is 0 Å². The molecule has 3 N–H and O–H groups in total. The maximum absolute atomic E-state index is 13.1. The van der Waals surface area contributed by atoms with Crippen LogP contribution < -0.4 is 15.2 Å². The van der Waals surface area contributed by atoms with Crippen molar-refractivity contribution in [3.8, 4) is 22.9 Å². The van der Waals surface area contributed by atoms with Gasteiger partial charge in [0, 0.05) is 35.8 Å². The molecule has 3 rings (SSSR count). The molecule has 0 saturated carbocycles. The van der Waals surface area contributed by atoms with Gasteiger partial charge < -0.3 is 15.2 Å². The average molecular weight is 392 g/mol. The maximum atomic E-state index is 13.1. The number of nitrogens with one attached hydrogen (secondary N) is 1. The smallest absolute Gasteiger partial charge is 0.403 e. The molecule has 0 radical (unpaired) electrons. The van der Waals surface area contributed by atoms with Crippen molar-refractivity contribution in [2.24, 2.45) is 5.73 Å². The molecule has 0 aliphatic carbocycles. The molecule has 0 spiro atoms. The third-order valence-corrected chi connectivity index (χ3v) is 4.70. The highest BCUT2D eigenvalue weighted by Crippen LogP contribution is 2.32.